The predicted octanol–water partition coefficient (Wildman–Crippen LogP) is 2.95. The van der Waals surface area contributed by atoms with Crippen LogP contribution >= 0.6 is 0 Å². The fourth-order valence-corrected chi connectivity index (χ4v) is 3.00. The van der Waals surface area contributed by atoms with Crippen molar-refractivity contribution in [3.63, 3.8) is 0 Å². The van der Waals surface area contributed by atoms with Gasteiger partial charge in [0.15, 0.2) is 0 Å². The third-order valence-corrected chi connectivity index (χ3v) is 4.27. The molecule has 1 aliphatic rings. The number of carbonyl (C=O) groups excluding carboxylic acids is 1. The van der Waals surface area contributed by atoms with Crippen LogP contribution in [0.1, 0.15) is 38.2 Å². The minimum atomic E-state index is -0.217. The van der Waals surface area contributed by atoms with Crippen LogP contribution in [0, 0.1) is 11.7 Å². The standard InChI is InChI=1S/C17H25FN2O/c1-13-7-3-6-10-16(13)19-17(21)12-20(2)11-14-8-4-5-9-15(14)18/h4-5,8-9,13,16H,3,6-7,10-12H2,1-2H3,(H,19,21)/t13-,16-/m0/s1. The Morgan fingerprint density at radius 2 is 2.05 bits per heavy atom. The van der Waals surface area contributed by atoms with Crippen molar-refractivity contribution in [2.24, 2.45) is 5.92 Å². The van der Waals surface area contributed by atoms with Crippen molar-refractivity contribution in [1.29, 1.82) is 0 Å². The van der Waals surface area contributed by atoms with Crippen LogP contribution in [0.3, 0.4) is 0 Å². The molecule has 0 saturated heterocycles. The van der Waals surface area contributed by atoms with Gasteiger partial charge in [-0.3, -0.25) is 9.69 Å². The van der Waals surface area contributed by atoms with Crippen molar-refractivity contribution >= 4 is 5.91 Å². The Morgan fingerprint density at radius 3 is 2.76 bits per heavy atom. The molecule has 1 aromatic carbocycles. The van der Waals surface area contributed by atoms with Crippen molar-refractivity contribution in [1.82, 2.24) is 10.2 Å². The van der Waals surface area contributed by atoms with Gasteiger partial charge in [-0.1, -0.05) is 38.0 Å². The molecule has 0 radical (unpaired) electrons. The van der Waals surface area contributed by atoms with Gasteiger partial charge in [-0.05, 0) is 31.9 Å². The molecule has 21 heavy (non-hydrogen) atoms. The van der Waals surface area contributed by atoms with E-state index < -0.39 is 0 Å². The van der Waals surface area contributed by atoms with Crippen LogP contribution in [-0.4, -0.2) is 30.4 Å². The second kappa shape index (κ2) is 7.55. The van der Waals surface area contributed by atoms with Crippen molar-refractivity contribution in [2.45, 2.75) is 45.2 Å². The molecule has 0 spiro atoms. The monoisotopic (exact) mass is 292 g/mol. The highest BCUT2D eigenvalue weighted by atomic mass is 19.1. The maximum absolute atomic E-state index is 13.6. The highest BCUT2D eigenvalue weighted by molar-refractivity contribution is 5.78. The largest absolute Gasteiger partial charge is 0.352 e. The summed E-state index contributed by atoms with van der Waals surface area (Å²) in [6.07, 6.45) is 4.72. The summed E-state index contributed by atoms with van der Waals surface area (Å²) in [6, 6.07) is 7.00. The average molecular weight is 292 g/mol. The van der Waals surface area contributed by atoms with Crippen LogP contribution in [0.2, 0.25) is 0 Å². The number of benzene rings is 1. The van der Waals surface area contributed by atoms with E-state index >= 15 is 0 Å². The Hall–Kier alpha value is -1.42. The summed E-state index contributed by atoms with van der Waals surface area (Å²) in [5.41, 5.74) is 0.624. The fraction of sp³-hybridized carbons (Fsp3) is 0.588. The van der Waals surface area contributed by atoms with Gasteiger partial charge in [-0.25, -0.2) is 4.39 Å². The maximum Gasteiger partial charge on any atom is 0.234 e. The number of rotatable bonds is 5. The summed E-state index contributed by atoms with van der Waals surface area (Å²) in [5.74, 6) is 0.373. The van der Waals surface area contributed by atoms with Crippen molar-refractivity contribution in [3.8, 4) is 0 Å². The molecule has 0 aromatic heterocycles. The normalized spacial score (nSPS) is 22.3. The number of halogens is 1. The molecular formula is C17H25FN2O. The highest BCUT2D eigenvalue weighted by Gasteiger charge is 2.23. The summed E-state index contributed by atoms with van der Waals surface area (Å²) in [6.45, 7) is 2.95. The van der Waals surface area contributed by atoms with Crippen molar-refractivity contribution in [2.75, 3.05) is 13.6 Å². The molecule has 0 unspecified atom stereocenters. The van der Waals surface area contributed by atoms with E-state index in [1.807, 2.05) is 18.0 Å². The summed E-state index contributed by atoms with van der Waals surface area (Å²) < 4.78 is 13.6. The van der Waals surface area contributed by atoms with Gasteiger partial charge in [0.05, 0.1) is 6.54 Å². The Labute approximate surface area is 126 Å². The minimum Gasteiger partial charge on any atom is -0.352 e. The number of likely N-dealkylation sites (N-methyl/N-ethyl adjacent to an activating group) is 1. The lowest BCUT2D eigenvalue weighted by Gasteiger charge is -2.30. The zero-order valence-corrected chi connectivity index (χ0v) is 12.9. The smallest absolute Gasteiger partial charge is 0.234 e. The van der Waals surface area contributed by atoms with Crippen molar-refractivity contribution in [3.05, 3.63) is 35.6 Å². The quantitative estimate of drug-likeness (QED) is 0.905. The van der Waals surface area contributed by atoms with Crippen LogP contribution in [0.5, 0.6) is 0 Å². The number of nitrogens with zero attached hydrogens (tertiary/aromatic N) is 1. The van der Waals surface area contributed by atoms with Crippen LogP contribution in [0.4, 0.5) is 4.39 Å². The molecule has 2 rings (SSSR count). The topological polar surface area (TPSA) is 32.3 Å². The van der Waals surface area contributed by atoms with Gasteiger partial charge in [0.1, 0.15) is 5.82 Å². The summed E-state index contributed by atoms with van der Waals surface area (Å²) in [5, 5.41) is 3.13. The maximum atomic E-state index is 13.6. The molecule has 0 heterocycles. The van der Waals surface area contributed by atoms with Crippen molar-refractivity contribution < 1.29 is 9.18 Å². The van der Waals surface area contributed by atoms with Crippen LogP contribution < -0.4 is 5.32 Å². The van der Waals surface area contributed by atoms with E-state index in [1.54, 1.807) is 12.1 Å². The Bertz CT molecular complexity index is 478. The van der Waals surface area contributed by atoms with E-state index in [0.29, 0.717) is 30.6 Å². The number of nitrogens with one attached hydrogen (secondary N) is 1. The SMILES string of the molecule is C[C@H]1CCCC[C@@H]1NC(=O)CN(C)Cc1ccccc1F. The average Bonchev–Trinajstić information content (AvgIpc) is 2.44. The van der Waals surface area contributed by atoms with Gasteiger partial charge in [-0.2, -0.15) is 0 Å². The second-order valence-electron chi connectivity index (χ2n) is 6.20. The molecule has 1 saturated carbocycles. The number of amides is 1. The van der Waals surface area contributed by atoms with E-state index in [9.17, 15) is 9.18 Å². The van der Waals surface area contributed by atoms with Gasteiger partial charge < -0.3 is 5.32 Å². The molecule has 116 valence electrons. The Balaban J connectivity index is 1.80. The van der Waals surface area contributed by atoms with Crippen LogP contribution in [0.25, 0.3) is 0 Å². The van der Waals surface area contributed by atoms with Crippen LogP contribution in [-0.2, 0) is 11.3 Å². The zero-order chi connectivity index (χ0) is 15.2. The number of carbonyl (C=O) groups is 1. The highest BCUT2D eigenvalue weighted by Crippen LogP contribution is 2.23. The van der Waals surface area contributed by atoms with Gasteiger partial charge in [-0.15, -0.1) is 0 Å². The molecule has 0 bridgehead atoms. The third-order valence-electron chi connectivity index (χ3n) is 4.27. The van der Waals surface area contributed by atoms with Gasteiger partial charge >= 0.3 is 0 Å². The zero-order valence-electron chi connectivity index (χ0n) is 12.9. The van der Waals surface area contributed by atoms with Gasteiger partial charge in [0.25, 0.3) is 0 Å². The lowest BCUT2D eigenvalue weighted by Crippen LogP contribution is -2.44. The van der Waals surface area contributed by atoms with Gasteiger partial charge in [0.2, 0.25) is 5.91 Å². The molecule has 1 aromatic rings. The minimum absolute atomic E-state index is 0.0348. The Kier molecular flexibility index (Phi) is 5.74. The molecular weight excluding hydrogens is 267 g/mol. The lowest BCUT2D eigenvalue weighted by molar-refractivity contribution is -0.123. The number of hydrogen-bond donors (Lipinski definition) is 1. The van der Waals surface area contributed by atoms with Crippen LogP contribution in [0.15, 0.2) is 24.3 Å². The third kappa shape index (κ3) is 4.81. The molecule has 2 atom stereocenters. The summed E-state index contributed by atoms with van der Waals surface area (Å²) in [4.78, 5) is 13.9. The van der Waals surface area contributed by atoms with E-state index in [2.05, 4.69) is 12.2 Å². The first-order valence-electron chi connectivity index (χ1n) is 7.77. The first-order chi connectivity index (χ1) is 10.1. The summed E-state index contributed by atoms with van der Waals surface area (Å²) in [7, 11) is 1.84. The summed E-state index contributed by atoms with van der Waals surface area (Å²) >= 11 is 0. The fourth-order valence-electron chi connectivity index (χ4n) is 3.00. The molecule has 1 N–H and O–H groups in total. The number of hydrogen-bond acceptors (Lipinski definition) is 2. The molecule has 1 fully saturated rings. The van der Waals surface area contributed by atoms with Gasteiger partial charge in [0, 0.05) is 18.2 Å². The van der Waals surface area contributed by atoms with E-state index in [4.69, 9.17) is 0 Å². The molecule has 1 amide bonds. The first kappa shape index (κ1) is 16.0. The Morgan fingerprint density at radius 1 is 1.33 bits per heavy atom. The molecule has 0 aliphatic heterocycles. The molecule has 3 nitrogen and oxygen atoms in total. The van der Waals surface area contributed by atoms with E-state index in [0.717, 1.165) is 6.42 Å². The van der Waals surface area contributed by atoms with E-state index in [1.165, 1.54) is 25.3 Å². The predicted molar refractivity (Wildman–Crippen MR) is 82.3 cm³/mol. The molecule has 4 heteroatoms. The first-order valence-corrected chi connectivity index (χ1v) is 7.77. The molecule has 1 aliphatic carbocycles. The lowest BCUT2D eigenvalue weighted by atomic mass is 9.86. The van der Waals surface area contributed by atoms with E-state index in [-0.39, 0.29) is 11.7 Å². The second-order valence-corrected chi connectivity index (χ2v) is 6.20.